The minimum absolute atomic E-state index is 0.0701. The Morgan fingerprint density at radius 1 is 1.45 bits per heavy atom. The molecule has 0 atom stereocenters. The van der Waals surface area contributed by atoms with E-state index in [4.69, 9.17) is 4.74 Å². The second-order valence-electron chi connectivity index (χ2n) is 5.57. The summed E-state index contributed by atoms with van der Waals surface area (Å²) < 4.78 is 7.55. The number of benzene rings is 1. The monoisotopic (exact) mass is 274 g/mol. The first-order chi connectivity index (χ1) is 9.54. The third-order valence-electron chi connectivity index (χ3n) is 3.67. The third-order valence-corrected chi connectivity index (χ3v) is 3.67. The smallest absolute Gasteiger partial charge is 0.339 e. The molecular formula is C15H18N2O3. The standard InChI is InChI=1S/C15H18N2O3/c1-9(2)20-14-7-13-10(6-12(14)15(18)19)8-17(16-13)11-4-3-5-11/h6-9,11H,3-5H2,1-2H3,(H,18,19). The molecule has 0 spiro atoms. The molecule has 0 radical (unpaired) electrons. The van der Waals surface area contributed by atoms with Crippen molar-refractivity contribution in [3.63, 3.8) is 0 Å². The molecule has 5 heteroatoms. The summed E-state index contributed by atoms with van der Waals surface area (Å²) >= 11 is 0. The Kier molecular flexibility index (Phi) is 3.12. The van der Waals surface area contributed by atoms with Crippen LogP contribution in [0.1, 0.15) is 49.5 Å². The van der Waals surface area contributed by atoms with Crippen molar-refractivity contribution in [3.05, 3.63) is 23.9 Å². The van der Waals surface area contributed by atoms with Gasteiger partial charge in [0.15, 0.2) is 0 Å². The van der Waals surface area contributed by atoms with Crippen LogP contribution in [0.2, 0.25) is 0 Å². The molecule has 0 unspecified atom stereocenters. The summed E-state index contributed by atoms with van der Waals surface area (Å²) in [6.07, 6.45) is 5.40. The van der Waals surface area contributed by atoms with Crippen LogP contribution in [0.25, 0.3) is 10.9 Å². The zero-order chi connectivity index (χ0) is 14.3. The van der Waals surface area contributed by atoms with Crippen LogP contribution in [-0.4, -0.2) is 27.0 Å². The quantitative estimate of drug-likeness (QED) is 0.929. The number of carboxylic acid groups (broad SMARTS) is 1. The highest BCUT2D eigenvalue weighted by atomic mass is 16.5. The number of ether oxygens (including phenoxy) is 1. The Bertz CT molecular complexity index is 656. The number of rotatable bonds is 4. The van der Waals surface area contributed by atoms with E-state index < -0.39 is 5.97 Å². The SMILES string of the molecule is CC(C)Oc1cc2nn(C3CCC3)cc2cc1C(=O)O. The Morgan fingerprint density at radius 3 is 2.75 bits per heavy atom. The topological polar surface area (TPSA) is 64.4 Å². The summed E-state index contributed by atoms with van der Waals surface area (Å²) in [5.74, 6) is -0.585. The molecule has 1 saturated carbocycles. The first-order valence-corrected chi connectivity index (χ1v) is 6.97. The largest absolute Gasteiger partial charge is 0.490 e. The van der Waals surface area contributed by atoms with E-state index in [9.17, 15) is 9.90 Å². The van der Waals surface area contributed by atoms with Gasteiger partial charge in [-0.15, -0.1) is 0 Å². The van der Waals surface area contributed by atoms with Crippen molar-refractivity contribution in [1.29, 1.82) is 0 Å². The van der Waals surface area contributed by atoms with Crippen LogP contribution in [0.3, 0.4) is 0 Å². The summed E-state index contributed by atoms with van der Waals surface area (Å²) in [4.78, 5) is 11.3. The average Bonchev–Trinajstić information content (AvgIpc) is 2.66. The number of aromatic carboxylic acids is 1. The Labute approximate surface area is 117 Å². The van der Waals surface area contributed by atoms with E-state index in [0.29, 0.717) is 11.8 Å². The molecule has 0 saturated heterocycles. The number of nitrogens with zero attached hydrogens (tertiary/aromatic N) is 2. The zero-order valence-electron chi connectivity index (χ0n) is 11.7. The van der Waals surface area contributed by atoms with Gasteiger partial charge in [0.2, 0.25) is 0 Å². The summed E-state index contributed by atoms with van der Waals surface area (Å²) in [6, 6.07) is 3.84. The van der Waals surface area contributed by atoms with Crippen molar-refractivity contribution in [3.8, 4) is 5.75 Å². The van der Waals surface area contributed by atoms with Gasteiger partial charge in [-0.1, -0.05) is 0 Å². The van der Waals surface area contributed by atoms with Gasteiger partial charge in [0, 0.05) is 17.6 Å². The molecule has 1 aliphatic carbocycles. The molecule has 1 aromatic carbocycles. The molecule has 5 nitrogen and oxygen atoms in total. The van der Waals surface area contributed by atoms with Crippen LogP contribution in [-0.2, 0) is 0 Å². The number of fused-ring (bicyclic) bond motifs is 1. The lowest BCUT2D eigenvalue weighted by atomic mass is 9.93. The average molecular weight is 274 g/mol. The first-order valence-electron chi connectivity index (χ1n) is 6.97. The normalized spacial score (nSPS) is 15.6. The van der Waals surface area contributed by atoms with Crippen molar-refractivity contribution in [2.24, 2.45) is 0 Å². The fourth-order valence-electron chi connectivity index (χ4n) is 2.43. The van der Waals surface area contributed by atoms with E-state index in [1.165, 1.54) is 6.42 Å². The number of aromatic nitrogens is 2. The fourth-order valence-corrected chi connectivity index (χ4v) is 2.43. The molecule has 0 bridgehead atoms. The Balaban J connectivity index is 2.07. The van der Waals surface area contributed by atoms with Crippen LogP contribution in [0.15, 0.2) is 18.3 Å². The first kappa shape index (κ1) is 13.0. The summed E-state index contributed by atoms with van der Waals surface area (Å²) in [7, 11) is 0. The van der Waals surface area contributed by atoms with E-state index in [0.717, 1.165) is 23.7 Å². The van der Waals surface area contributed by atoms with Gasteiger partial charge in [0.05, 0.1) is 17.7 Å². The van der Waals surface area contributed by atoms with Crippen molar-refractivity contribution < 1.29 is 14.6 Å². The van der Waals surface area contributed by atoms with Crippen LogP contribution in [0, 0.1) is 0 Å². The fraction of sp³-hybridized carbons (Fsp3) is 0.467. The molecule has 3 rings (SSSR count). The second kappa shape index (κ2) is 4.81. The van der Waals surface area contributed by atoms with Gasteiger partial charge in [-0.3, -0.25) is 4.68 Å². The lowest BCUT2D eigenvalue weighted by Crippen LogP contribution is -2.17. The maximum atomic E-state index is 11.3. The van der Waals surface area contributed by atoms with Gasteiger partial charge in [0.1, 0.15) is 11.3 Å². The Morgan fingerprint density at radius 2 is 2.20 bits per heavy atom. The predicted octanol–water partition coefficient (Wildman–Crippen LogP) is 3.25. The molecule has 106 valence electrons. The maximum Gasteiger partial charge on any atom is 0.339 e. The summed E-state index contributed by atoms with van der Waals surface area (Å²) in [5, 5.41) is 14.7. The highest BCUT2D eigenvalue weighted by Gasteiger charge is 2.22. The molecule has 1 aromatic heterocycles. The van der Waals surface area contributed by atoms with E-state index >= 15 is 0 Å². The molecule has 0 amide bonds. The third kappa shape index (κ3) is 2.24. The van der Waals surface area contributed by atoms with Gasteiger partial charge >= 0.3 is 5.97 Å². The van der Waals surface area contributed by atoms with Gasteiger partial charge in [-0.2, -0.15) is 5.10 Å². The maximum absolute atomic E-state index is 11.3. The number of carbonyl (C=O) groups is 1. The summed E-state index contributed by atoms with van der Waals surface area (Å²) in [5.41, 5.74) is 0.983. The van der Waals surface area contributed by atoms with E-state index in [1.807, 2.05) is 24.7 Å². The number of hydrogen-bond donors (Lipinski definition) is 1. The molecule has 1 fully saturated rings. The predicted molar refractivity (Wildman–Crippen MR) is 75.3 cm³/mol. The molecule has 2 aromatic rings. The Hall–Kier alpha value is -2.04. The molecule has 0 aliphatic heterocycles. The lowest BCUT2D eigenvalue weighted by molar-refractivity contribution is 0.0691. The van der Waals surface area contributed by atoms with Crippen LogP contribution < -0.4 is 4.74 Å². The van der Waals surface area contributed by atoms with E-state index in [1.54, 1.807) is 12.1 Å². The summed E-state index contributed by atoms with van der Waals surface area (Å²) in [6.45, 7) is 3.76. The lowest BCUT2D eigenvalue weighted by Gasteiger charge is -2.25. The van der Waals surface area contributed by atoms with Crippen LogP contribution >= 0.6 is 0 Å². The highest BCUT2D eigenvalue weighted by Crippen LogP contribution is 2.33. The van der Waals surface area contributed by atoms with Crippen molar-refractivity contribution >= 4 is 16.9 Å². The van der Waals surface area contributed by atoms with Gasteiger partial charge in [0.25, 0.3) is 0 Å². The van der Waals surface area contributed by atoms with Crippen molar-refractivity contribution in [1.82, 2.24) is 9.78 Å². The second-order valence-corrected chi connectivity index (χ2v) is 5.57. The van der Waals surface area contributed by atoms with Gasteiger partial charge < -0.3 is 9.84 Å². The molecular weight excluding hydrogens is 256 g/mol. The van der Waals surface area contributed by atoms with Crippen molar-refractivity contribution in [2.45, 2.75) is 45.3 Å². The van der Waals surface area contributed by atoms with E-state index in [2.05, 4.69) is 5.10 Å². The van der Waals surface area contributed by atoms with Gasteiger partial charge in [-0.25, -0.2) is 4.79 Å². The zero-order valence-corrected chi connectivity index (χ0v) is 11.7. The van der Waals surface area contributed by atoms with Gasteiger partial charge in [-0.05, 0) is 39.2 Å². The van der Waals surface area contributed by atoms with Crippen LogP contribution in [0.4, 0.5) is 0 Å². The minimum atomic E-state index is -0.973. The molecule has 1 aliphatic rings. The van der Waals surface area contributed by atoms with Crippen molar-refractivity contribution in [2.75, 3.05) is 0 Å². The van der Waals surface area contributed by atoms with E-state index in [-0.39, 0.29) is 11.7 Å². The highest BCUT2D eigenvalue weighted by molar-refractivity contribution is 5.96. The number of hydrogen-bond acceptors (Lipinski definition) is 3. The number of carboxylic acids is 1. The molecule has 1 heterocycles. The minimum Gasteiger partial charge on any atom is -0.490 e. The molecule has 20 heavy (non-hydrogen) atoms. The van der Waals surface area contributed by atoms with Crippen LogP contribution in [0.5, 0.6) is 5.75 Å². The molecule has 1 N–H and O–H groups in total.